The van der Waals surface area contributed by atoms with Crippen molar-refractivity contribution in [1.29, 1.82) is 0 Å². The van der Waals surface area contributed by atoms with Gasteiger partial charge in [-0.3, -0.25) is 4.79 Å². The summed E-state index contributed by atoms with van der Waals surface area (Å²) in [7, 11) is 0. The largest absolute Gasteiger partial charge is 0.397 e. The van der Waals surface area contributed by atoms with Crippen LogP contribution in [0.1, 0.15) is 40.7 Å². The highest BCUT2D eigenvalue weighted by Gasteiger charge is 2.19. The summed E-state index contributed by atoms with van der Waals surface area (Å²) in [6.45, 7) is 4.13. The maximum Gasteiger partial charge on any atom is 0.205 e. The minimum atomic E-state index is -0.371. The van der Waals surface area contributed by atoms with E-state index in [9.17, 15) is 9.18 Å². The summed E-state index contributed by atoms with van der Waals surface area (Å²) in [5.74, 6) is -0.264. The van der Waals surface area contributed by atoms with Gasteiger partial charge in [-0.25, -0.2) is 9.37 Å². The fraction of sp³-hybridized carbons (Fsp3) is 0.176. The lowest BCUT2D eigenvalue weighted by atomic mass is 10.1. The number of carbonyl (C=O) groups excluding carboxylic acids is 1. The lowest BCUT2D eigenvalue weighted by molar-refractivity contribution is 0.104. The Morgan fingerprint density at radius 2 is 1.86 bits per heavy atom. The zero-order chi connectivity index (χ0) is 15.9. The molecular weight excluding hydrogens is 299 g/mol. The maximum atomic E-state index is 13.0. The number of nitrogens with two attached hydrogens (primary N) is 1. The third-order valence-corrected chi connectivity index (χ3v) is 4.63. The SMILES string of the molecule is CC(C)c1ccc2c(N)c(C(=O)c3ccc(F)cc3)sc2n1. The van der Waals surface area contributed by atoms with Gasteiger partial charge in [0.2, 0.25) is 5.78 Å². The first-order valence-corrected chi connectivity index (χ1v) is 7.78. The van der Waals surface area contributed by atoms with E-state index < -0.39 is 0 Å². The predicted molar refractivity (Wildman–Crippen MR) is 88.0 cm³/mol. The first-order chi connectivity index (χ1) is 10.5. The van der Waals surface area contributed by atoms with E-state index in [4.69, 9.17) is 5.73 Å². The van der Waals surface area contributed by atoms with Crippen molar-refractivity contribution in [3.05, 3.63) is 58.3 Å². The molecule has 0 spiro atoms. The van der Waals surface area contributed by atoms with Gasteiger partial charge < -0.3 is 5.73 Å². The Hall–Kier alpha value is -2.27. The molecule has 112 valence electrons. The number of thiophene rings is 1. The number of hydrogen-bond donors (Lipinski definition) is 1. The van der Waals surface area contributed by atoms with Gasteiger partial charge in [0, 0.05) is 16.6 Å². The standard InChI is InChI=1S/C17H15FN2OS/c1-9(2)13-8-7-12-14(19)16(22-17(12)20-13)15(21)10-3-5-11(18)6-4-10/h3-9H,19H2,1-2H3. The zero-order valence-corrected chi connectivity index (χ0v) is 13.1. The molecule has 0 saturated heterocycles. The molecule has 0 atom stereocenters. The normalized spacial score (nSPS) is 11.3. The summed E-state index contributed by atoms with van der Waals surface area (Å²) >= 11 is 1.28. The fourth-order valence-electron chi connectivity index (χ4n) is 2.23. The Kier molecular flexibility index (Phi) is 3.66. The maximum absolute atomic E-state index is 13.0. The number of hydrogen-bond acceptors (Lipinski definition) is 4. The van der Waals surface area contributed by atoms with E-state index in [0.717, 1.165) is 15.9 Å². The number of pyridine rings is 1. The number of aromatic nitrogens is 1. The van der Waals surface area contributed by atoms with Crippen molar-refractivity contribution in [2.75, 3.05) is 5.73 Å². The molecule has 2 heterocycles. The van der Waals surface area contributed by atoms with Crippen molar-refractivity contribution in [1.82, 2.24) is 4.98 Å². The molecule has 0 saturated carbocycles. The zero-order valence-electron chi connectivity index (χ0n) is 12.3. The first kappa shape index (κ1) is 14.7. The van der Waals surface area contributed by atoms with E-state index in [1.54, 1.807) is 0 Å². The van der Waals surface area contributed by atoms with Crippen LogP contribution < -0.4 is 5.73 Å². The van der Waals surface area contributed by atoms with Gasteiger partial charge in [-0.05, 0) is 42.3 Å². The van der Waals surface area contributed by atoms with Gasteiger partial charge in [0.1, 0.15) is 15.5 Å². The minimum absolute atomic E-state index is 0.202. The van der Waals surface area contributed by atoms with Crippen LogP contribution in [0.3, 0.4) is 0 Å². The van der Waals surface area contributed by atoms with E-state index in [-0.39, 0.29) is 11.6 Å². The van der Waals surface area contributed by atoms with E-state index in [0.29, 0.717) is 22.0 Å². The number of nitrogens with zero attached hydrogens (tertiary/aromatic N) is 1. The highest BCUT2D eigenvalue weighted by molar-refractivity contribution is 7.21. The van der Waals surface area contributed by atoms with Crippen LogP contribution in [0.15, 0.2) is 36.4 Å². The van der Waals surface area contributed by atoms with Crippen molar-refractivity contribution in [3.8, 4) is 0 Å². The topological polar surface area (TPSA) is 56.0 Å². The van der Waals surface area contributed by atoms with Crippen LogP contribution >= 0.6 is 11.3 Å². The van der Waals surface area contributed by atoms with Gasteiger partial charge in [-0.2, -0.15) is 0 Å². The van der Waals surface area contributed by atoms with Gasteiger partial charge in [0.15, 0.2) is 0 Å². The second-order valence-corrected chi connectivity index (χ2v) is 6.42. The quantitative estimate of drug-likeness (QED) is 0.730. The summed E-state index contributed by atoms with van der Waals surface area (Å²) in [5.41, 5.74) is 7.94. The number of rotatable bonds is 3. The van der Waals surface area contributed by atoms with Crippen molar-refractivity contribution in [2.45, 2.75) is 19.8 Å². The van der Waals surface area contributed by atoms with E-state index in [1.165, 1.54) is 35.6 Å². The van der Waals surface area contributed by atoms with Gasteiger partial charge in [0.25, 0.3) is 0 Å². The predicted octanol–water partition coefficient (Wildman–Crippen LogP) is 4.37. The van der Waals surface area contributed by atoms with Gasteiger partial charge in [-0.15, -0.1) is 11.3 Å². The van der Waals surface area contributed by atoms with Gasteiger partial charge >= 0.3 is 0 Å². The Bertz CT molecular complexity index is 853. The van der Waals surface area contributed by atoms with Crippen LogP contribution in [0.25, 0.3) is 10.2 Å². The molecular formula is C17H15FN2OS. The van der Waals surface area contributed by atoms with Crippen molar-refractivity contribution in [2.24, 2.45) is 0 Å². The Morgan fingerprint density at radius 3 is 2.50 bits per heavy atom. The van der Waals surface area contributed by atoms with E-state index >= 15 is 0 Å². The van der Waals surface area contributed by atoms with E-state index in [1.807, 2.05) is 12.1 Å². The molecule has 3 aromatic rings. The monoisotopic (exact) mass is 314 g/mol. The summed E-state index contributed by atoms with van der Waals surface area (Å²) in [5, 5.41) is 0.792. The minimum Gasteiger partial charge on any atom is -0.397 e. The Labute approximate surface area is 131 Å². The summed E-state index contributed by atoms with van der Waals surface area (Å²) in [6.07, 6.45) is 0. The van der Waals surface area contributed by atoms with Crippen LogP contribution in [0, 0.1) is 5.82 Å². The van der Waals surface area contributed by atoms with Crippen LogP contribution in [-0.2, 0) is 0 Å². The first-order valence-electron chi connectivity index (χ1n) is 6.96. The highest BCUT2D eigenvalue weighted by Crippen LogP contribution is 2.34. The lowest BCUT2D eigenvalue weighted by Gasteiger charge is -2.03. The molecule has 0 aliphatic carbocycles. The molecule has 3 rings (SSSR count). The van der Waals surface area contributed by atoms with Crippen LogP contribution in [-0.4, -0.2) is 10.8 Å². The summed E-state index contributed by atoms with van der Waals surface area (Å²) < 4.78 is 13.0. The van der Waals surface area contributed by atoms with Crippen LogP contribution in [0.5, 0.6) is 0 Å². The van der Waals surface area contributed by atoms with Crippen LogP contribution in [0.4, 0.5) is 10.1 Å². The molecule has 0 aliphatic rings. The number of nitrogen functional groups attached to an aromatic ring is 1. The molecule has 3 nitrogen and oxygen atoms in total. The van der Waals surface area contributed by atoms with Crippen molar-refractivity contribution < 1.29 is 9.18 Å². The number of fused-ring (bicyclic) bond motifs is 1. The number of ketones is 1. The molecule has 2 aromatic heterocycles. The van der Waals surface area contributed by atoms with E-state index in [2.05, 4.69) is 18.8 Å². The summed E-state index contributed by atoms with van der Waals surface area (Å²) in [6, 6.07) is 9.31. The fourth-order valence-corrected chi connectivity index (χ4v) is 3.30. The summed E-state index contributed by atoms with van der Waals surface area (Å²) in [4.78, 5) is 18.3. The molecule has 0 fully saturated rings. The third kappa shape index (κ3) is 2.48. The highest BCUT2D eigenvalue weighted by atomic mass is 32.1. The van der Waals surface area contributed by atoms with Crippen LogP contribution in [0.2, 0.25) is 0 Å². The second-order valence-electron chi connectivity index (χ2n) is 5.42. The molecule has 0 aliphatic heterocycles. The second kappa shape index (κ2) is 5.50. The van der Waals surface area contributed by atoms with Crippen molar-refractivity contribution in [3.63, 3.8) is 0 Å². The Morgan fingerprint density at radius 1 is 1.18 bits per heavy atom. The van der Waals surface area contributed by atoms with Crippen molar-refractivity contribution >= 4 is 33.0 Å². The molecule has 0 bridgehead atoms. The molecule has 2 N–H and O–H groups in total. The molecule has 5 heteroatoms. The smallest absolute Gasteiger partial charge is 0.205 e. The number of carbonyl (C=O) groups is 1. The molecule has 0 unspecified atom stereocenters. The third-order valence-electron chi connectivity index (χ3n) is 3.52. The average molecular weight is 314 g/mol. The molecule has 0 radical (unpaired) electrons. The number of halogens is 1. The van der Waals surface area contributed by atoms with Gasteiger partial charge in [-0.1, -0.05) is 13.8 Å². The lowest BCUT2D eigenvalue weighted by Crippen LogP contribution is -2.02. The Balaban J connectivity index is 2.08. The number of anilines is 1. The number of benzene rings is 1. The molecule has 22 heavy (non-hydrogen) atoms. The molecule has 1 aromatic carbocycles. The molecule has 0 amide bonds. The average Bonchev–Trinajstić information content (AvgIpc) is 2.84. The van der Waals surface area contributed by atoms with Gasteiger partial charge in [0.05, 0.1) is 5.69 Å².